The number of hydrogen-bond donors (Lipinski definition) is 1. The lowest BCUT2D eigenvalue weighted by Gasteiger charge is -2.13. The van der Waals surface area contributed by atoms with Crippen LogP contribution in [0.5, 0.6) is 0 Å². The molecule has 0 radical (unpaired) electrons. The van der Waals surface area contributed by atoms with Gasteiger partial charge in [0.25, 0.3) is 0 Å². The topological polar surface area (TPSA) is 46.9 Å². The summed E-state index contributed by atoms with van der Waals surface area (Å²) in [7, 11) is 1.84. The molecule has 90 valence electrons. The number of thioether (sulfide) groups is 1. The van der Waals surface area contributed by atoms with E-state index >= 15 is 0 Å². The third-order valence-corrected chi connectivity index (χ3v) is 2.74. The highest BCUT2D eigenvalue weighted by atomic mass is 32.2. The Bertz CT molecular complexity index is 379. The normalized spacial score (nSPS) is 11.6. The number of hydrogen-bond acceptors (Lipinski definition) is 3. The molecule has 0 unspecified atom stereocenters. The van der Waals surface area contributed by atoms with E-state index in [0.717, 1.165) is 11.5 Å². The molecule has 0 fully saturated rings. The fourth-order valence-corrected chi connectivity index (χ4v) is 1.60. The van der Waals surface area contributed by atoms with Gasteiger partial charge >= 0.3 is 0 Å². The molecule has 1 heterocycles. The van der Waals surface area contributed by atoms with Gasteiger partial charge < -0.3 is 5.32 Å². The molecule has 0 atom stereocenters. The molecule has 0 aliphatic rings. The van der Waals surface area contributed by atoms with E-state index in [4.69, 9.17) is 0 Å². The summed E-state index contributed by atoms with van der Waals surface area (Å²) in [5.74, 6) is 1.23. The van der Waals surface area contributed by atoms with Gasteiger partial charge in [-0.3, -0.25) is 9.48 Å². The van der Waals surface area contributed by atoms with Gasteiger partial charge in [0.15, 0.2) is 0 Å². The fourth-order valence-electron chi connectivity index (χ4n) is 1.26. The highest BCUT2D eigenvalue weighted by Gasteiger charge is 2.19. The Morgan fingerprint density at radius 1 is 1.56 bits per heavy atom. The van der Waals surface area contributed by atoms with Gasteiger partial charge in [-0.25, -0.2) is 0 Å². The summed E-state index contributed by atoms with van der Waals surface area (Å²) in [5.41, 5.74) is 0.981. The highest BCUT2D eigenvalue weighted by molar-refractivity contribution is 7.99. The molecule has 1 aromatic rings. The largest absolute Gasteiger partial charge is 0.310 e. The monoisotopic (exact) mass is 241 g/mol. The lowest BCUT2D eigenvalue weighted by atomic mass is 9.92. The molecule has 0 aromatic carbocycles. The maximum atomic E-state index is 11.5. The van der Waals surface area contributed by atoms with Crippen molar-refractivity contribution in [3.05, 3.63) is 11.8 Å². The van der Waals surface area contributed by atoms with Gasteiger partial charge in [-0.1, -0.05) is 20.8 Å². The van der Waals surface area contributed by atoms with Crippen LogP contribution >= 0.6 is 11.8 Å². The van der Waals surface area contributed by atoms with Crippen LogP contribution < -0.4 is 5.32 Å². The molecule has 0 spiro atoms. The first kappa shape index (κ1) is 13.1. The lowest BCUT2D eigenvalue weighted by molar-refractivity contribution is -0.113. The minimum atomic E-state index is 0.000242. The van der Waals surface area contributed by atoms with Crippen LogP contribution in [0.3, 0.4) is 0 Å². The number of anilines is 1. The van der Waals surface area contributed by atoms with Crippen molar-refractivity contribution in [2.24, 2.45) is 7.05 Å². The number of aryl methyl sites for hydroxylation is 1. The highest BCUT2D eigenvalue weighted by Crippen LogP contribution is 2.23. The summed E-state index contributed by atoms with van der Waals surface area (Å²) >= 11 is 1.51. The maximum absolute atomic E-state index is 11.5. The van der Waals surface area contributed by atoms with E-state index in [2.05, 4.69) is 31.2 Å². The van der Waals surface area contributed by atoms with Crippen molar-refractivity contribution in [3.8, 4) is 0 Å². The number of amides is 1. The van der Waals surface area contributed by atoms with Crippen molar-refractivity contribution >= 4 is 23.5 Å². The van der Waals surface area contributed by atoms with E-state index in [0.29, 0.717) is 5.75 Å². The molecule has 0 bridgehead atoms. The van der Waals surface area contributed by atoms with Crippen molar-refractivity contribution in [2.45, 2.75) is 26.2 Å². The molecule has 4 nitrogen and oxygen atoms in total. The van der Waals surface area contributed by atoms with Crippen molar-refractivity contribution in [3.63, 3.8) is 0 Å². The second kappa shape index (κ2) is 4.91. The smallest absolute Gasteiger partial charge is 0.235 e. The predicted octanol–water partition coefficient (Wildman–Crippen LogP) is 2.02. The van der Waals surface area contributed by atoms with E-state index in [9.17, 15) is 4.79 Å². The van der Waals surface area contributed by atoms with E-state index in [-0.39, 0.29) is 11.3 Å². The number of nitrogens with one attached hydrogen (secondary N) is 1. The Hall–Kier alpha value is -0.970. The van der Waals surface area contributed by atoms with Crippen molar-refractivity contribution in [2.75, 3.05) is 17.3 Å². The van der Waals surface area contributed by atoms with E-state index in [1.54, 1.807) is 4.68 Å². The Morgan fingerprint density at radius 2 is 2.19 bits per heavy atom. The first-order valence-corrected chi connectivity index (χ1v) is 6.57. The predicted molar refractivity (Wildman–Crippen MR) is 68.9 cm³/mol. The number of aromatic nitrogens is 2. The van der Waals surface area contributed by atoms with Gasteiger partial charge in [0.2, 0.25) is 5.91 Å². The molecular weight excluding hydrogens is 222 g/mol. The van der Waals surface area contributed by atoms with Crippen LogP contribution in [0.15, 0.2) is 6.07 Å². The van der Waals surface area contributed by atoms with Crippen LogP contribution in [-0.4, -0.2) is 27.7 Å². The van der Waals surface area contributed by atoms with Gasteiger partial charge in [0.1, 0.15) is 5.82 Å². The maximum Gasteiger partial charge on any atom is 0.235 e. The number of rotatable bonds is 3. The first-order valence-electron chi connectivity index (χ1n) is 5.18. The van der Waals surface area contributed by atoms with Crippen LogP contribution in [-0.2, 0) is 17.3 Å². The SMILES string of the molecule is CSCC(=O)Nc1cc(C(C)(C)C)nn1C. The van der Waals surface area contributed by atoms with Gasteiger partial charge in [0, 0.05) is 18.5 Å². The summed E-state index contributed by atoms with van der Waals surface area (Å²) in [4.78, 5) is 11.5. The first-order chi connectivity index (χ1) is 7.34. The molecular formula is C11H19N3OS. The summed E-state index contributed by atoms with van der Waals surface area (Å²) in [6.07, 6.45) is 1.91. The van der Waals surface area contributed by atoms with Crippen molar-refractivity contribution in [1.29, 1.82) is 0 Å². The fraction of sp³-hybridized carbons (Fsp3) is 0.636. The molecule has 0 saturated carbocycles. The van der Waals surface area contributed by atoms with E-state index in [1.807, 2.05) is 19.4 Å². The standard InChI is InChI=1S/C11H19N3OS/c1-11(2,3)8-6-9(14(4)13-8)12-10(15)7-16-5/h6H,7H2,1-5H3,(H,12,15). The van der Waals surface area contributed by atoms with Crippen LogP contribution in [0.1, 0.15) is 26.5 Å². The third-order valence-electron chi connectivity index (χ3n) is 2.19. The number of carbonyl (C=O) groups excluding carboxylic acids is 1. The van der Waals surface area contributed by atoms with Crippen molar-refractivity contribution in [1.82, 2.24) is 9.78 Å². The summed E-state index contributed by atoms with van der Waals surface area (Å²) in [5, 5.41) is 7.23. The summed E-state index contributed by atoms with van der Waals surface area (Å²) < 4.78 is 1.71. The average molecular weight is 241 g/mol. The zero-order valence-corrected chi connectivity index (χ0v) is 11.3. The minimum absolute atomic E-state index is 0.000242. The molecule has 16 heavy (non-hydrogen) atoms. The third kappa shape index (κ3) is 3.27. The summed E-state index contributed by atoms with van der Waals surface area (Å²) in [6.45, 7) is 6.30. The van der Waals surface area contributed by atoms with Crippen LogP contribution in [0.2, 0.25) is 0 Å². The quantitative estimate of drug-likeness (QED) is 0.880. The number of carbonyl (C=O) groups is 1. The van der Waals surface area contributed by atoms with Gasteiger partial charge in [-0.15, -0.1) is 0 Å². The minimum Gasteiger partial charge on any atom is -0.310 e. The Kier molecular flexibility index (Phi) is 4.02. The molecule has 1 amide bonds. The second-order valence-corrected chi connectivity index (χ2v) is 5.64. The zero-order chi connectivity index (χ0) is 12.3. The average Bonchev–Trinajstić information content (AvgIpc) is 2.47. The van der Waals surface area contributed by atoms with Crippen LogP contribution in [0, 0.1) is 0 Å². The molecule has 1 aromatic heterocycles. The Labute approximate surface area is 101 Å². The Morgan fingerprint density at radius 3 is 2.62 bits per heavy atom. The number of nitrogens with zero attached hydrogens (tertiary/aromatic N) is 2. The molecule has 0 aliphatic carbocycles. The van der Waals surface area contributed by atoms with E-state index < -0.39 is 0 Å². The molecule has 0 aliphatic heterocycles. The molecule has 1 N–H and O–H groups in total. The Balaban J connectivity index is 2.82. The van der Waals surface area contributed by atoms with Gasteiger partial charge in [-0.2, -0.15) is 16.9 Å². The summed E-state index contributed by atoms with van der Waals surface area (Å²) in [6, 6.07) is 1.93. The molecule has 1 rings (SSSR count). The zero-order valence-electron chi connectivity index (χ0n) is 10.5. The van der Waals surface area contributed by atoms with Crippen LogP contribution in [0.4, 0.5) is 5.82 Å². The van der Waals surface area contributed by atoms with Crippen molar-refractivity contribution < 1.29 is 4.79 Å². The van der Waals surface area contributed by atoms with Gasteiger partial charge in [-0.05, 0) is 6.26 Å². The molecule has 5 heteroatoms. The van der Waals surface area contributed by atoms with Gasteiger partial charge in [0.05, 0.1) is 11.4 Å². The van der Waals surface area contributed by atoms with E-state index in [1.165, 1.54) is 11.8 Å². The molecule has 0 saturated heterocycles. The lowest BCUT2D eigenvalue weighted by Crippen LogP contribution is -2.16. The second-order valence-electron chi connectivity index (χ2n) is 4.77. The van der Waals surface area contributed by atoms with Crippen LogP contribution in [0.25, 0.3) is 0 Å².